The van der Waals surface area contributed by atoms with Crippen LogP contribution in [0.4, 0.5) is 5.95 Å². The van der Waals surface area contributed by atoms with Gasteiger partial charge in [-0.05, 0) is 19.4 Å². The van der Waals surface area contributed by atoms with Crippen LogP contribution >= 0.6 is 11.6 Å². The number of nitrogens with one attached hydrogen (secondary N) is 1. The van der Waals surface area contributed by atoms with Crippen molar-refractivity contribution in [2.24, 2.45) is 0 Å². The number of hydrogen-bond donors (Lipinski definition) is 2. The highest BCUT2D eigenvalue weighted by molar-refractivity contribution is 6.29. The molecule has 0 saturated heterocycles. The van der Waals surface area contributed by atoms with Crippen molar-refractivity contribution < 1.29 is 14.7 Å². The van der Waals surface area contributed by atoms with E-state index in [1.807, 2.05) is 0 Å². The van der Waals surface area contributed by atoms with Crippen molar-refractivity contribution in [3.8, 4) is 0 Å². The minimum atomic E-state index is -0.923. The van der Waals surface area contributed by atoms with Crippen LogP contribution < -0.4 is 5.32 Å². The fraction of sp³-hybridized carbons (Fsp3) is 0.400. The molecule has 17 heavy (non-hydrogen) atoms. The van der Waals surface area contributed by atoms with Gasteiger partial charge in [-0.1, -0.05) is 11.6 Å². The topological polar surface area (TPSA) is 92.2 Å². The molecule has 92 valence electrons. The number of anilines is 1. The van der Waals surface area contributed by atoms with Gasteiger partial charge >= 0.3 is 5.97 Å². The second kappa shape index (κ2) is 6.15. The van der Waals surface area contributed by atoms with Crippen molar-refractivity contribution in [2.45, 2.75) is 26.2 Å². The Morgan fingerprint density at radius 3 is 2.71 bits per heavy atom. The van der Waals surface area contributed by atoms with Gasteiger partial charge in [0.2, 0.25) is 11.9 Å². The predicted molar refractivity (Wildman–Crippen MR) is 61.9 cm³/mol. The number of rotatable bonds is 5. The Labute approximate surface area is 103 Å². The molecule has 0 fully saturated rings. The number of halogens is 1. The zero-order chi connectivity index (χ0) is 12.8. The number of aryl methyl sites for hydroxylation is 1. The van der Waals surface area contributed by atoms with E-state index in [2.05, 4.69) is 15.3 Å². The summed E-state index contributed by atoms with van der Waals surface area (Å²) in [6.45, 7) is 1.73. The third kappa shape index (κ3) is 5.26. The monoisotopic (exact) mass is 257 g/mol. The summed E-state index contributed by atoms with van der Waals surface area (Å²) < 4.78 is 0. The molecule has 0 bridgehead atoms. The van der Waals surface area contributed by atoms with Crippen LogP contribution in [0.2, 0.25) is 5.15 Å². The first-order valence-corrected chi connectivity index (χ1v) is 5.38. The minimum absolute atomic E-state index is 0.0388. The quantitative estimate of drug-likeness (QED) is 0.782. The summed E-state index contributed by atoms with van der Waals surface area (Å²) >= 11 is 5.70. The van der Waals surface area contributed by atoms with Crippen LogP contribution in [0.1, 0.15) is 25.0 Å². The van der Waals surface area contributed by atoms with Gasteiger partial charge in [-0.2, -0.15) is 0 Å². The predicted octanol–water partition coefficient (Wildman–Crippen LogP) is 1.63. The summed E-state index contributed by atoms with van der Waals surface area (Å²) in [6.07, 6.45) is 0.352. The van der Waals surface area contributed by atoms with E-state index in [-0.39, 0.29) is 36.3 Å². The lowest BCUT2D eigenvalue weighted by atomic mass is 10.2. The van der Waals surface area contributed by atoms with E-state index in [1.165, 1.54) is 0 Å². The summed E-state index contributed by atoms with van der Waals surface area (Å²) in [5, 5.41) is 11.1. The number of carboxylic acid groups (broad SMARTS) is 1. The molecule has 0 spiro atoms. The average Bonchev–Trinajstić information content (AvgIpc) is 2.14. The molecule has 1 amide bonds. The van der Waals surface area contributed by atoms with Crippen molar-refractivity contribution in [2.75, 3.05) is 5.32 Å². The summed E-state index contributed by atoms with van der Waals surface area (Å²) in [7, 11) is 0. The van der Waals surface area contributed by atoms with E-state index in [0.717, 1.165) is 0 Å². The Balaban J connectivity index is 2.47. The molecule has 0 atom stereocenters. The molecule has 0 aliphatic rings. The number of amides is 1. The van der Waals surface area contributed by atoms with E-state index in [1.54, 1.807) is 13.0 Å². The lowest BCUT2D eigenvalue weighted by molar-refractivity contribution is -0.137. The van der Waals surface area contributed by atoms with Crippen molar-refractivity contribution >= 4 is 29.4 Å². The molecule has 0 saturated carbocycles. The Morgan fingerprint density at radius 1 is 1.41 bits per heavy atom. The number of carbonyl (C=O) groups excluding carboxylic acids is 1. The molecular weight excluding hydrogens is 246 g/mol. The third-order valence-electron chi connectivity index (χ3n) is 1.87. The number of aliphatic carboxylic acids is 1. The van der Waals surface area contributed by atoms with Crippen LogP contribution in [0, 0.1) is 6.92 Å². The maximum Gasteiger partial charge on any atom is 0.303 e. The van der Waals surface area contributed by atoms with Crippen LogP contribution in [-0.4, -0.2) is 27.0 Å². The van der Waals surface area contributed by atoms with E-state index in [9.17, 15) is 9.59 Å². The van der Waals surface area contributed by atoms with Gasteiger partial charge in [0.15, 0.2) is 0 Å². The lowest BCUT2D eigenvalue weighted by Crippen LogP contribution is -2.14. The van der Waals surface area contributed by atoms with Crippen LogP contribution in [0.3, 0.4) is 0 Å². The second-order valence-electron chi connectivity index (χ2n) is 3.45. The maximum atomic E-state index is 11.4. The normalized spacial score (nSPS) is 10.0. The summed E-state index contributed by atoms with van der Waals surface area (Å²) in [5.74, 6) is -1.11. The largest absolute Gasteiger partial charge is 0.481 e. The fourth-order valence-electron chi connectivity index (χ4n) is 1.17. The molecule has 2 N–H and O–H groups in total. The molecule has 0 unspecified atom stereocenters. The van der Waals surface area contributed by atoms with Crippen LogP contribution in [0.5, 0.6) is 0 Å². The number of carbonyl (C=O) groups is 2. The standard InChI is InChI=1S/C10H12ClN3O3/c1-6-5-7(11)13-10(12-6)14-8(15)3-2-4-9(16)17/h5H,2-4H2,1H3,(H,16,17)(H,12,13,14,15). The van der Waals surface area contributed by atoms with Gasteiger partial charge in [-0.25, -0.2) is 9.97 Å². The molecule has 1 aromatic heterocycles. The molecule has 7 heteroatoms. The molecule has 0 aliphatic carbocycles. The van der Waals surface area contributed by atoms with Gasteiger partial charge in [-0.3, -0.25) is 14.9 Å². The molecule has 1 aromatic rings. The van der Waals surface area contributed by atoms with E-state index in [0.29, 0.717) is 5.69 Å². The second-order valence-corrected chi connectivity index (χ2v) is 3.84. The molecule has 0 aromatic carbocycles. The van der Waals surface area contributed by atoms with Crippen LogP contribution in [0.15, 0.2) is 6.07 Å². The highest BCUT2D eigenvalue weighted by Gasteiger charge is 2.07. The third-order valence-corrected chi connectivity index (χ3v) is 2.06. The number of carboxylic acids is 1. The van der Waals surface area contributed by atoms with Crippen molar-refractivity contribution in [3.63, 3.8) is 0 Å². The Morgan fingerprint density at radius 2 is 2.12 bits per heavy atom. The molecule has 1 rings (SSSR count). The molecular formula is C10H12ClN3O3. The van der Waals surface area contributed by atoms with Crippen molar-refractivity contribution in [3.05, 3.63) is 16.9 Å². The highest BCUT2D eigenvalue weighted by Crippen LogP contribution is 2.10. The smallest absolute Gasteiger partial charge is 0.303 e. The number of hydrogen-bond acceptors (Lipinski definition) is 4. The first-order valence-electron chi connectivity index (χ1n) is 5.00. The maximum absolute atomic E-state index is 11.4. The molecule has 0 radical (unpaired) electrons. The van der Waals surface area contributed by atoms with Gasteiger partial charge in [0.25, 0.3) is 0 Å². The highest BCUT2D eigenvalue weighted by atomic mass is 35.5. The average molecular weight is 258 g/mol. The van der Waals surface area contributed by atoms with Gasteiger partial charge in [-0.15, -0.1) is 0 Å². The summed E-state index contributed by atoms with van der Waals surface area (Å²) in [5.41, 5.74) is 0.644. The number of nitrogens with zero attached hydrogens (tertiary/aromatic N) is 2. The lowest BCUT2D eigenvalue weighted by Gasteiger charge is -2.04. The Hall–Kier alpha value is -1.69. The SMILES string of the molecule is Cc1cc(Cl)nc(NC(=O)CCCC(=O)O)n1. The van der Waals surface area contributed by atoms with Gasteiger partial charge < -0.3 is 5.11 Å². The fourth-order valence-corrected chi connectivity index (χ4v) is 1.41. The van der Waals surface area contributed by atoms with E-state index >= 15 is 0 Å². The first kappa shape index (κ1) is 13.4. The van der Waals surface area contributed by atoms with Gasteiger partial charge in [0, 0.05) is 18.5 Å². The van der Waals surface area contributed by atoms with Crippen molar-refractivity contribution in [1.29, 1.82) is 0 Å². The summed E-state index contributed by atoms with van der Waals surface area (Å²) in [6, 6.07) is 1.57. The van der Waals surface area contributed by atoms with Gasteiger partial charge in [0.05, 0.1) is 0 Å². The zero-order valence-corrected chi connectivity index (χ0v) is 9.99. The van der Waals surface area contributed by atoms with Crippen LogP contribution in [-0.2, 0) is 9.59 Å². The minimum Gasteiger partial charge on any atom is -0.481 e. The Bertz CT molecular complexity index is 417. The Kier molecular flexibility index (Phi) is 4.84. The van der Waals surface area contributed by atoms with Crippen LogP contribution in [0.25, 0.3) is 0 Å². The summed E-state index contributed by atoms with van der Waals surface area (Å²) in [4.78, 5) is 29.4. The zero-order valence-electron chi connectivity index (χ0n) is 9.23. The first-order chi connectivity index (χ1) is 7.97. The molecule has 1 heterocycles. The molecule has 6 nitrogen and oxygen atoms in total. The van der Waals surface area contributed by atoms with Gasteiger partial charge in [0.1, 0.15) is 5.15 Å². The molecule has 0 aliphatic heterocycles. The van der Waals surface area contributed by atoms with E-state index < -0.39 is 5.97 Å². The van der Waals surface area contributed by atoms with E-state index in [4.69, 9.17) is 16.7 Å². The number of aromatic nitrogens is 2. The van der Waals surface area contributed by atoms with Crippen molar-refractivity contribution in [1.82, 2.24) is 9.97 Å².